The number of likely N-dealkylation sites (tertiary alicyclic amines) is 1. The highest BCUT2D eigenvalue weighted by Gasteiger charge is 2.46. The summed E-state index contributed by atoms with van der Waals surface area (Å²) in [6, 6.07) is 6.75. The highest BCUT2D eigenvalue weighted by Crippen LogP contribution is 2.42. The van der Waals surface area contributed by atoms with Gasteiger partial charge in [0, 0.05) is 30.7 Å². The molecule has 6 nitrogen and oxygen atoms in total. The molecule has 2 heterocycles. The van der Waals surface area contributed by atoms with Crippen LogP contribution in [0.2, 0.25) is 0 Å². The Morgan fingerprint density at radius 2 is 1.97 bits per heavy atom. The van der Waals surface area contributed by atoms with E-state index in [1.165, 1.54) is 16.2 Å². The van der Waals surface area contributed by atoms with Crippen LogP contribution in [-0.2, 0) is 14.3 Å². The van der Waals surface area contributed by atoms with Crippen molar-refractivity contribution in [3.63, 3.8) is 0 Å². The molecule has 1 saturated heterocycles. The maximum absolute atomic E-state index is 12.9. The Morgan fingerprint density at radius 1 is 1.21 bits per heavy atom. The summed E-state index contributed by atoms with van der Waals surface area (Å²) >= 11 is 1.45. The van der Waals surface area contributed by atoms with Crippen molar-refractivity contribution in [1.29, 1.82) is 0 Å². The number of rotatable bonds is 7. The third-order valence-corrected chi connectivity index (χ3v) is 6.02. The van der Waals surface area contributed by atoms with Crippen molar-refractivity contribution in [3.8, 4) is 5.75 Å². The number of ether oxygens (including phenoxy) is 2. The fourth-order valence-electron chi connectivity index (χ4n) is 3.64. The highest BCUT2D eigenvalue weighted by molar-refractivity contribution is 7.10. The van der Waals surface area contributed by atoms with E-state index in [9.17, 15) is 14.7 Å². The minimum atomic E-state index is -0.661. The number of carbonyl (C=O) groups is 2. The molecule has 1 fully saturated rings. The molecule has 29 heavy (non-hydrogen) atoms. The van der Waals surface area contributed by atoms with Crippen LogP contribution in [0.5, 0.6) is 5.75 Å². The van der Waals surface area contributed by atoms with Gasteiger partial charge in [0.2, 0.25) is 0 Å². The summed E-state index contributed by atoms with van der Waals surface area (Å²) in [5.74, 6) is -0.705. The zero-order valence-electron chi connectivity index (χ0n) is 17.0. The summed E-state index contributed by atoms with van der Waals surface area (Å²) in [7, 11) is 3.18. The number of aliphatic hydroxyl groups excluding tert-OH is 1. The smallest absolute Gasteiger partial charge is 0.295 e. The van der Waals surface area contributed by atoms with E-state index in [0.29, 0.717) is 30.9 Å². The van der Waals surface area contributed by atoms with Gasteiger partial charge in [-0.05, 0) is 55.0 Å². The Balaban J connectivity index is 2.13. The molecule has 0 radical (unpaired) electrons. The molecule has 1 aromatic carbocycles. The van der Waals surface area contributed by atoms with E-state index in [0.717, 1.165) is 16.0 Å². The van der Waals surface area contributed by atoms with Crippen LogP contribution in [0, 0.1) is 13.8 Å². The number of carbonyl (C=O) groups excluding carboxylic acids is 2. The number of methoxy groups -OCH3 is 2. The van der Waals surface area contributed by atoms with Crippen molar-refractivity contribution in [3.05, 3.63) is 56.8 Å². The van der Waals surface area contributed by atoms with Crippen molar-refractivity contribution in [2.24, 2.45) is 0 Å². The second-order valence-corrected chi connectivity index (χ2v) is 7.97. The minimum Gasteiger partial charge on any atom is -0.507 e. The molecule has 0 spiro atoms. The van der Waals surface area contributed by atoms with E-state index in [1.54, 1.807) is 20.3 Å². The van der Waals surface area contributed by atoms with Gasteiger partial charge in [-0.15, -0.1) is 11.3 Å². The van der Waals surface area contributed by atoms with Gasteiger partial charge < -0.3 is 19.5 Å². The van der Waals surface area contributed by atoms with Gasteiger partial charge in [0.05, 0.1) is 18.7 Å². The number of amides is 1. The summed E-state index contributed by atoms with van der Waals surface area (Å²) in [6.07, 6.45) is 0.603. The third-order valence-electron chi connectivity index (χ3n) is 5.10. The lowest BCUT2D eigenvalue weighted by atomic mass is 9.96. The Bertz CT molecular complexity index is 948. The van der Waals surface area contributed by atoms with Crippen LogP contribution in [0.3, 0.4) is 0 Å². The van der Waals surface area contributed by atoms with Crippen LogP contribution in [0.25, 0.3) is 5.76 Å². The molecule has 1 unspecified atom stereocenters. The Labute approximate surface area is 174 Å². The lowest BCUT2D eigenvalue weighted by Crippen LogP contribution is -2.31. The van der Waals surface area contributed by atoms with Gasteiger partial charge in [-0.25, -0.2) is 0 Å². The molecule has 0 aliphatic carbocycles. The molecule has 1 N–H and O–H groups in total. The zero-order chi connectivity index (χ0) is 21.1. The average molecular weight is 416 g/mol. The number of Topliss-reactive ketones (excluding diaryl/α,β-unsaturated/α-hetero) is 1. The summed E-state index contributed by atoms with van der Waals surface area (Å²) in [5, 5.41) is 13.1. The van der Waals surface area contributed by atoms with Gasteiger partial charge in [-0.2, -0.15) is 0 Å². The number of aliphatic hydroxyl groups is 1. The molecular weight excluding hydrogens is 390 g/mol. The topological polar surface area (TPSA) is 76.1 Å². The number of aryl methyl sites for hydroxylation is 2. The Morgan fingerprint density at radius 3 is 2.59 bits per heavy atom. The molecule has 1 aliphatic heterocycles. The van der Waals surface area contributed by atoms with Crippen LogP contribution >= 0.6 is 11.3 Å². The number of benzene rings is 1. The van der Waals surface area contributed by atoms with E-state index >= 15 is 0 Å². The number of nitrogens with zero attached hydrogens (tertiary/aromatic N) is 1. The second-order valence-electron chi connectivity index (χ2n) is 6.99. The maximum atomic E-state index is 12.9. The van der Waals surface area contributed by atoms with Gasteiger partial charge in [0.25, 0.3) is 11.7 Å². The molecule has 7 heteroatoms. The SMILES string of the molecule is COCCCN1C(=O)C(=O)/C(=C(\O)c2cc(C)c(OC)cc2C)C1c1cccs1. The largest absolute Gasteiger partial charge is 0.507 e. The van der Waals surface area contributed by atoms with Gasteiger partial charge in [0.1, 0.15) is 11.5 Å². The number of hydrogen-bond acceptors (Lipinski definition) is 6. The number of ketones is 1. The number of thiophene rings is 1. The average Bonchev–Trinajstić information content (AvgIpc) is 3.31. The van der Waals surface area contributed by atoms with E-state index in [-0.39, 0.29) is 11.3 Å². The first-order valence-corrected chi connectivity index (χ1v) is 10.2. The summed E-state index contributed by atoms with van der Waals surface area (Å²) in [5.41, 5.74) is 2.25. The van der Waals surface area contributed by atoms with Gasteiger partial charge in [-0.3, -0.25) is 9.59 Å². The quantitative estimate of drug-likeness (QED) is 0.322. The van der Waals surface area contributed by atoms with E-state index in [2.05, 4.69) is 0 Å². The first-order valence-electron chi connectivity index (χ1n) is 9.37. The summed E-state index contributed by atoms with van der Waals surface area (Å²) in [6.45, 7) is 4.57. The maximum Gasteiger partial charge on any atom is 0.295 e. The fraction of sp³-hybridized carbons (Fsp3) is 0.364. The molecule has 2 aromatic rings. The summed E-state index contributed by atoms with van der Waals surface area (Å²) in [4.78, 5) is 28.1. The molecular formula is C22H25NO5S. The molecule has 154 valence electrons. The summed E-state index contributed by atoms with van der Waals surface area (Å²) < 4.78 is 10.4. The normalized spacial score (nSPS) is 18.5. The van der Waals surface area contributed by atoms with Crippen molar-refractivity contribution in [1.82, 2.24) is 4.90 Å². The van der Waals surface area contributed by atoms with Gasteiger partial charge in [-0.1, -0.05) is 6.07 Å². The molecule has 1 aromatic heterocycles. The van der Waals surface area contributed by atoms with Crippen molar-refractivity contribution >= 4 is 28.8 Å². The van der Waals surface area contributed by atoms with Gasteiger partial charge in [0.15, 0.2) is 0 Å². The van der Waals surface area contributed by atoms with Crippen molar-refractivity contribution < 1.29 is 24.2 Å². The first kappa shape index (κ1) is 21.1. The predicted molar refractivity (Wildman–Crippen MR) is 112 cm³/mol. The highest BCUT2D eigenvalue weighted by atomic mass is 32.1. The van der Waals surface area contributed by atoms with E-state index in [4.69, 9.17) is 9.47 Å². The molecule has 0 bridgehead atoms. The number of hydrogen-bond donors (Lipinski definition) is 1. The van der Waals surface area contributed by atoms with E-state index in [1.807, 2.05) is 37.4 Å². The zero-order valence-corrected chi connectivity index (χ0v) is 17.8. The van der Waals surface area contributed by atoms with E-state index < -0.39 is 17.7 Å². The standard InChI is InChI=1S/C22H25NO5S/c1-13-12-16(28-4)14(2)11-15(13)20(24)18-19(17-7-5-10-29-17)23(8-6-9-27-3)22(26)21(18)25/h5,7,10-12,19,24H,6,8-9H2,1-4H3/b20-18-. The van der Waals surface area contributed by atoms with Crippen LogP contribution in [0.1, 0.15) is 34.0 Å². The van der Waals surface area contributed by atoms with Crippen LogP contribution < -0.4 is 4.74 Å². The third kappa shape index (κ3) is 3.93. The molecule has 0 saturated carbocycles. The predicted octanol–water partition coefficient (Wildman–Crippen LogP) is 3.83. The van der Waals surface area contributed by atoms with Crippen molar-refractivity contribution in [2.45, 2.75) is 26.3 Å². The lowest BCUT2D eigenvalue weighted by molar-refractivity contribution is -0.140. The molecule has 1 atom stereocenters. The van der Waals surface area contributed by atoms with Crippen LogP contribution in [0.4, 0.5) is 0 Å². The van der Waals surface area contributed by atoms with Gasteiger partial charge >= 0.3 is 0 Å². The van der Waals surface area contributed by atoms with Crippen LogP contribution in [-0.4, -0.2) is 49.1 Å². The van der Waals surface area contributed by atoms with Crippen molar-refractivity contribution in [2.75, 3.05) is 27.4 Å². The second kappa shape index (κ2) is 8.80. The minimum absolute atomic E-state index is 0.127. The molecule has 1 aliphatic rings. The lowest BCUT2D eigenvalue weighted by Gasteiger charge is -2.24. The Kier molecular flexibility index (Phi) is 6.39. The monoisotopic (exact) mass is 415 g/mol. The fourth-order valence-corrected chi connectivity index (χ4v) is 4.49. The van der Waals surface area contributed by atoms with Crippen LogP contribution in [0.15, 0.2) is 35.2 Å². The molecule has 1 amide bonds. The Hall–Kier alpha value is -2.64. The first-order chi connectivity index (χ1) is 13.9. The molecule has 3 rings (SSSR count).